The average molecular weight is 664 g/mol. The van der Waals surface area contributed by atoms with Crippen LogP contribution in [-0.4, -0.2) is 53.6 Å². The Hall–Kier alpha value is -0.500. The molecule has 6 nitrogen and oxygen atoms in total. The summed E-state index contributed by atoms with van der Waals surface area (Å²) in [4.78, 5) is 15.5. The minimum atomic E-state index is -0.737. The molecule has 0 amide bonds. The van der Waals surface area contributed by atoms with Gasteiger partial charge in [-0.1, -0.05) is 53.2 Å². The fourth-order valence-corrected chi connectivity index (χ4v) is 15.7. The number of fused-ring (bicyclic) bond motifs is 11. The molecule has 5 aliphatic carbocycles. The molecular weight excluding hydrogens is 598 g/mol. The second kappa shape index (κ2) is 10.8. The van der Waals surface area contributed by atoms with E-state index in [1.54, 1.807) is 5.57 Å². The molecule has 6 aliphatic heterocycles. The Kier molecular flexibility index (Phi) is 7.23. The summed E-state index contributed by atoms with van der Waals surface area (Å²) in [6.07, 6.45) is 18.5. The molecule has 10 unspecified atom stereocenters. The van der Waals surface area contributed by atoms with Gasteiger partial charge in [0.1, 0.15) is 0 Å². The molecule has 11 rings (SSSR count). The maximum atomic E-state index is 7.08. The van der Waals surface area contributed by atoms with Gasteiger partial charge in [0.25, 0.3) is 0 Å². The third-order valence-corrected chi connectivity index (χ3v) is 18.1. The summed E-state index contributed by atoms with van der Waals surface area (Å²) in [5, 5.41) is 0. The van der Waals surface area contributed by atoms with Crippen molar-refractivity contribution in [3.8, 4) is 0 Å². The number of piperidine rings is 1. The van der Waals surface area contributed by atoms with Crippen molar-refractivity contribution in [3.63, 3.8) is 0 Å². The second-order valence-electron chi connectivity index (χ2n) is 20.2. The van der Waals surface area contributed by atoms with E-state index in [4.69, 9.17) is 24.0 Å². The summed E-state index contributed by atoms with van der Waals surface area (Å²) in [5.41, 5.74) is 2.05. The van der Waals surface area contributed by atoms with Crippen LogP contribution in [-0.2, 0) is 24.0 Å². The van der Waals surface area contributed by atoms with Crippen LogP contribution in [0.2, 0.25) is 0 Å². The minimum Gasteiger partial charge on any atom is -0.349 e. The average Bonchev–Trinajstić information content (AvgIpc) is 3.40. The molecule has 11 aliphatic rings. The first kappa shape index (κ1) is 32.2. The van der Waals surface area contributed by atoms with Gasteiger partial charge >= 0.3 is 0 Å². The first-order valence-electron chi connectivity index (χ1n) is 20.8. The van der Waals surface area contributed by atoms with Crippen LogP contribution < -0.4 is 0 Å². The molecule has 0 N–H and O–H groups in total. The van der Waals surface area contributed by atoms with Crippen molar-refractivity contribution in [2.45, 2.75) is 174 Å². The Morgan fingerprint density at radius 2 is 1.62 bits per heavy atom. The molecule has 0 aromatic rings. The van der Waals surface area contributed by atoms with E-state index in [0.717, 1.165) is 79.7 Å². The van der Waals surface area contributed by atoms with Gasteiger partial charge < -0.3 is 14.2 Å². The highest BCUT2D eigenvalue weighted by atomic mass is 17.3. The molecule has 48 heavy (non-hydrogen) atoms. The van der Waals surface area contributed by atoms with Crippen molar-refractivity contribution in [3.05, 3.63) is 11.6 Å². The standard InChI is InChI=1S/C42H65NO5/c1-23-8-13-34-26(4)36-35(43(34)22-23)21-33-29-11-10-27-20-28(14-17-39(27,5)32(29)15-18-40(33,36)6)44-37-25(3)31-12-9-24(2)30-16-19-41(7)46-38(45-37)42(30,31)48-47-41/h10,23-26,28-38H,8-9,11-22H2,1-7H3/t23?,24-,25-,26-,28-,29?,30?,31?,32?,33?,34?,35+,36+,37?,38?,39+,40+,41?,42-/m1/s1. The summed E-state index contributed by atoms with van der Waals surface area (Å²) in [5.74, 6) is 6.05. The Morgan fingerprint density at radius 3 is 2.48 bits per heavy atom. The van der Waals surface area contributed by atoms with Crippen molar-refractivity contribution in [2.75, 3.05) is 6.54 Å². The van der Waals surface area contributed by atoms with E-state index >= 15 is 0 Å². The van der Waals surface area contributed by atoms with Crippen LogP contribution in [0.4, 0.5) is 0 Å². The van der Waals surface area contributed by atoms with Crippen LogP contribution in [0.1, 0.15) is 132 Å². The molecule has 6 heterocycles. The van der Waals surface area contributed by atoms with E-state index in [0.29, 0.717) is 28.6 Å². The van der Waals surface area contributed by atoms with Crippen LogP contribution in [0.25, 0.3) is 0 Å². The highest BCUT2D eigenvalue weighted by molar-refractivity contribution is 5.27. The predicted octanol–water partition coefficient (Wildman–Crippen LogP) is 8.89. The zero-order valence-electron chi connectivity index (χ0n) is 31.1. The zero-order valence-corrected chi connectivity index (χ0v) is 31.1. The van der Waals surface area contributed by atoms with E-state index in [-0.39, 0.29) is 18.3 Å². The quantitative estimate of drug-likeness (QED) is 0.217. The number of nitrogens with zero attached hydrogens (tertiary/aromatic N) is 1. The maximum Gasteiger partial charge on any atom is 0.201 e. The lowest BCUT2D eigenvalue weighted by molar-refractivity contribution is -0.578. The molecule has 4 saturated carbocycles. The van der Waals surface area contributed by atoms with E-state index in [9.17, 15) is 0 Å². The first-order valence-corrected chi connectivity index (χ1v) is 20.8. The third kappa shape index (κ3) is 4.20. The molecule has 10 fully saturated rings. The third-order valence-electron chi connectivity index (χ3n) is 18.1. The molecule has 19 atom stereocenters. The van der Waals surface area contributed by atoms with Gasteiger partial charge in [0.05, 0.1) is 6.10 Å². The number of ether oxygens (including phenoxy) is 3. The van der Waals surface area contributed by atoms with Crippen molar-refractivity contribution in [1.82, 2.24) is 4.90 Å². The van der Waals surface area contributed by atoms with Crippen LogP contribution >= 0.6 is 0 Å². The Labute approximate surface area is 290 Å². The van der Waals surface area contributed by atoms with Gasteiger partial charge in [0, 0.05) is 36.9 Å². The molecule has 6 heteroatoms. The van der Waals surface area contributed by atoms with Crippen molar-refractivity contribution in [2.24, 2.45) is 70.0 Å². The predicted molar refractivity (Wildman–Crippen MR) is 184 cm³/mol. The number of hydrogen-bond acceptors (Lipinski definition) is 6. The van der Waals surface area contributed by atoms with Gasteiger partial charge in [0.2, 0.25) is 5.79 Å². The highest BCUT2D eigenvalue weighted by Crippen LogP contribution is 2.70. The lowest BCUT2D eigenvalue weighted by Gasteiger charge is -2.61. The van der Waals surface area contributed by atoms with E-state index in [1.165, 1.54) is 57.9 Å². The number of hydrogen-bond donors (Lipinski definition) is 0. The number of rotatable bonds is 2. The Morgan fingerprint density at radius 1 is 0.792 bits per heavy atom. The SMILES string of the molecule is CC1CCC2[C@@H](C)[C@H]3[C@H](CC4C5CC=C6C[C@H](OC7OC8OC9(C)CCC%10[C@H](C)CCC([C@H]7C)[C@@]8%10OO9)CC[C@]6(C)C5CC[C@@]43C)N2C1. The van der Waals surface area contributed by atoms with Gasteiger partial charge in [0.15, 0.2) is 18.2 Å². The topological polar surface area (TPSA) is 49.4 Å². The van der Waals surface area contributed by atoms with Crippen molar-refractivity contribution in [1.29, 1.82) is 0 Å². The molecule has 2 bridgehead atoms. The normalized spacial score (nSPS) is 61.6. The Balaban J connectivity index is 0.864. The monoisotopic (exact) mass is 663 g/mol. The number of allylic oxidation sites excluding steroid dienone is 1. The smallest absolute Gasteiger partial charge is 0.201 e. The fourth-order valence-electron chi connectivity index (χ4n) is 15.7. The van der Waals surface area contributed by atoms with Crippen LogP contribution in [0.3, 0.4) is 0 Å². The fraction of sp³-hybridized carbons (Fsp3) is 0.952. The van der Waals surface area contributed by atoms with Crippen LogP contribution in [0, 0.1) is 70.0 Å². The molecule has 0 aromatic carbocycles. The molecule has 1 spiro atoms. The largest absolute Gasteiger partial charge is 0.349 e. The van der Waals surface area contributed by atoms with Crippen LogP contribution in [0.5, 0.6) is 0 Å². The van der Waals surface area contributed by atoms with Gasteiger partial charge in [-0.05, 0) is 142 Å². The molecule has 0 aromatic heterocycles. The molecular formula is C42H65NO5. The second-order valence-corrected chi connectivity index (χ2v) is 20.2. The van der Waals surface area contributed by atoms with Gasteiger partial charge in [-0.15, -0.1) is 0 Å². The van der Waals surface area contributed by atoms with Crippen molar-refractivity contribution < 1.29 is 24.0 Å². The molecule has 6 saturated heterocycles. The summed E-state index contributed by atoms with van der Waals surface area (Å²) in [6, 6.07) is 1.70. The van der Waals surface area contributed by atoms with Gasteiger partial charge in [-0.3, -0.25) is 4.90 Å². The van der Waals surface area contributed by atoms with Crippen molar-refractivity contribution >= 4 is 0 Å². The lowest BCUT2D eigenvalue weighted by atomic mass is 9.47. The summed E-state index contributed by atoms with van der Waals surface area (Å²) >= 11 is 0. The lowest BCUT2D eigenvalue weighted by Crippen LogP contribution is -2.70. The molecule has 268 valence electrons. The zero-order chi connectivity index (χ0) is 33.0. The summed E-state index contributed by atoms with van der Waals surface area (Å²) in [6.45, 7) is 18.7. The van der Waals surface area contributed by atoms with E-state index < -0.39 is 17.7 Å². The summed E-state index contributed by atoms with van der Waals surface area (Å²) < 4.78 is 20.6. The van der Waals surface area contributed by atoms with Gasteiger partial charge in [-0.2, -0.15) is 0 Å². The van der Waals surface area contributed by atoms with Gasteiger partial charge in [-0.25, -0.2) is 9.78 Å². The minimum absolute atomic E-state index is 0.218. The highest BCUT2D eigenvalue weighted by Gasteiger charge is 2.70. The van der Waals surface area contributed by atoms with E-state index in [1.807, 2.05) is 6.92 Å². The van der Waals surface area contributed by atoms with E-state index in [2.05, 4.69) is 52.5 Å². The maximum absolute atomic E-state index is 7.08. The Bertz CT molecular complexity index is 1340. The summed E-state index contributed by atoms with van der Waals surface area (Å²) in [7, 11) is 0. The first-order chi connectivity index (χ1) is 22.9. The van der Waals surface area contributed by atoms with Crippen LogP contribution in [0.15, 0.2) is 11.6 Å². The molecule has 0 radical (unpaired) electrons.